The standard InChI is InChI=1S/C11H15NO2S.ClH/c1-8-2-4-9(5-3-8)6-12-10(7-15)11(13)14;/h2-5,10,12,15H,6-7H2,1H3,(H,13,14);1H. The molecule has 2 N–H and O–H groups in total. The minimum atomic E-state index is -0.864. The molecule has 90 valence electrons. The summed E-state index contributed by atoms with van der Waals surface area (Å²) in [6.07, 6.45) is 0. The van der Waals surface area contributed by atoms with Crippen LogP contribution in [-0.2, 0) is 11.3 Å². The van der Waals surface area contributed by atoms with Crippen molar-refractivity contribution >= 4 is 31.0 Å². The summed E-state index contributed by atoms with van der Waals surface area (Å²) in [7, 11) is 0. The first kappa shape index (κ1) is 15.3. The van der Waals surface area contributed by atoms with E-state index in [4.69, 9.17) is 5.11 Å². The van der Waals surface area contributed by atoms with Crippen molar-refractivity contribution in [2.45, 2.75) is 19.5 Å². The predicted molar refractivity (Wildman–Crippen MR) is 70.5 cm³/mol. The van der Waals surface area contributed by atoms with E-state index in [1.807, 2.05) is 31.2 Å². The van der Waals surface area contributed by atoms with Gasteiger partial charge in [-0.2, -0.15) is 12.6 Å². The van der Waals surface area contributed by atoms with Crippen molar-refractivity contribution in [3.63, 3.8) is 0 Å². The van der Waals surface area contributed by atoms with Gasteiger partial charge in [-0.3, -0.25) is 10.1 Å². The second-order valence-electron chi connectivity index (χ2n) is 3.44. The molecule has 0 amide bonds. The topological polar surface area (TPSA) is 49.3 Å². The van der Waals surface area contributed by atoms with Gasteiger partial charge in [-0.25, -0.2) is 0 Å². The Hall–Kier alpha value is -0.710. The summed E-state index contributed by atoms with van der Waals surface area (Å²) < 4.78 is 0. The van der Waals surface area contributed by atoms with Crippen LogP contribution >= 0.6 is 25.0 Å². The maximum Gasteiger partial charge on any atom is 0.321 e. The average molecular weight is 262 g/mol. The van der Waals surface area contributed by atoms with E-state index in [0.717, 1.165) is 5.56 Å². The molecule has 0 aromatic heterocycles. The van der Waals surface area contributed by atoms with Crippen molar-refractivity contribution in [3.05, 3.63) is 35.4 Å². The summed E-state index contributed by atoms with van der Waals surface area (Å²) in [5.74, 6) is -0.571. The number of aliphatic carboxylic acids is 1. The molecule has 16 heavy (non-hydrogen) atoms. The molecule has 1 aromatic carbocycles. The number of carboxylic acid groups (broad SMARTS) is 1. The minimum Gasteiger partial charge on any atom is -0.480 e. The third-order valence-corrected chi connectivity index (χ3v) is 2.52. The van der Waals surface area contributed by atoms with Crippen LogP contribution in [0.15, 0.2) is 24.3 Å². The largest absolute Gasteiger partial charge is 0.480 e. The first-order valence-electron chi connectivity index (χ1n) is 4.76. The number of aryl methyl sites for hydroxylation is 1. The Bertz CT molecular complexity index is 329. The number of hydrogen-bond donors (Lipinski definition) is 3. The number of carbonyl (C=O) groups is 1. The summed E-state index contributed by atoms with van der Waals surface area (Å²) in [5.41, 5.74) is 2.27. The highest BCUT2D eigenvalue weighted by atomic mass is 35.5. The van der Waals surface area contributed by atoms with Crippen LogP contribution in [0.2, 0.25) is 0 Å². The number of nitrogens with one attached hydrogen (secondary N) is 1. The van der Waals surface area contributed by atoms with Gasteiger partial charge in [0, 0.05) is 12.3 Å². The average Bonchev–Trinajstić information content (AvgIpc) is 2.21. The molecule has 0 aliphatic heterocycles. The number of benzene rings is 1. The molecule has 0 bridgehead atoms. The molecule has 1 rings (SSSR count). The third-order valence-electron chi connectivity index (χ3n) is 2.15. The lowest BCUT2D eigenvalue weighted by molar-refractivity contribution is -0.138. The van der Waals surface area contributed by atoms with Crippen LogP contribution < -0.4 is 5.32 Å². The molecule has 1 unspecified atom stereocenters. The summed E-state index contributed by atoms with van der Waals surface area (Å²) in [6.45, 7) is 2.57. The molecule has 0 fully saturated rings. The Morgan fingerprint density at radius 1 is 1.44 bits per heavy atom. The van der Waals surface area contributed by atoms with E-state index in [1.165, 1.54) is 5.56 Å². The van der Waals surface area contributed by atoms with Crippen molar-refractivity contribution in [3.8, 4) is 0 Å². The summed E-state index contributed by atoms with van der Waals surface area (Å²) in [6, 6.07) is 7.40. The summed E-state index contributed by atoms with van der Waals surface area (Å²) in [4.78, 5) is 10.7. The smallest absolute Gasteiger partial charge is 0.321 e. The van der Waals surface area contributed by atoms with Gasteiger partial charge in [0.2, 0.25) is 0 Å². The van der Waals surface area contributed by atoms with Crippen LogP contribution in [0.3, 0.4) is 0 Å². The Kier molecular flexibility index (Phi) is 7.21. The monoisotopic (exact) mass is 261 g/mol. The first-order valence-corrected chi connectivity index (χ1v) is 5.39. The van der Waals surface area contributed by atoms with Crippen LogP contribution in [0.1, 0.15) is 11.1 Å². The molecule has 1 atom stereocenters. The molecule has 5 heteroatoms. The second-order valence-corrected chi connectivity index (χ2v) is 3.81. The Labute approximate surface area is 107 Å². The lowest BCUT2D eigenvalue weighted by Gasteiger charge is -2.11. The van der Waals surface area contributed by atoms with Crippen LogP contribution in [0.4, 0.5) is 0 Å². The molecule has 0 aliphatic carbocycles. The van der Waals surface area contributed by atoms with Gasteiger partial charge >= 0.3 is 5.97 Å². The molecule has 0 spiro atoms. The maximum atomic E-state index is 10.7. The molecule has 3 nitrogen and oxygen atoms in total. The fraction of sp³-hybridized carbons (Fsp3) is 0.364. The second kappa shape index (κ2) is 7.54. The van der Waals surface area contributed by atoms with Gasteiger partial charge in [-0.05, 0) is 12.5 Å². The molecular weight excluding hydrogens is 246 g/mol. The van der Waals surface area contributed by atoms with Gasteiger partial charge in [0.05, 0.1) is 0 Å². The van der Waals surface area contributed by atoms with Gasteiger partial charge in [0.15, 0.2) is 0 Å². The van der Waals surface area contributed by atoms with E-state index in [9.17, 15) is 4.79 Å². The molecule has 0 heterocycles. The third kappa shape index (κ3) is 4.88. The predicted octanol–water partition coefficient (Wildman–Crippen LogP) is 1.89. The molecule has 0 radical (unpaired) electrons. The number of rotatable bonds is 5. The van der Waals surface area contributed by atoms with Gasteiger partial charge < -0.3 is 5.11 Å². The highest BCUT2D eigenvalue weighted by Gasteiger charge is 2.13. The number of carboxylic acids is 1. The van der Waals surface area contributed by atoms with Crippen LogP contribution in [0, 0.1) is 6.92 Å². The number of halogens is 1. The zero-order valence-electron chi connectivity index (χ0n) is 9.01. The minimum absolute atomic E-state index is 0. The van der Waals surface area contributed by atoms with Crippen LogP contribution in [0.5, 0.6) is 0 Å². The normalized spacial score (nSPS) is 11.6. The van der Waals surface area contributed by atoms with Gasteiger partial charge in [0.1, 0.15) is 6.04 Å². The van der Waals surface area contributed by atoms with Crippen LogP contribution in [-0.4, -0.2) is 22.9 Å². The Morgan fingerprint density at radius 2 is 2.00 bits per heavy atom. The zero-order chi connectivity index (χ0) is 11.3. The molecule has 0 saturated heterocycles. The first-order chi connectivity index (χ1) is 7.13. The van der Waals surface area contributed by atoms with E-state index in [0.29, 0.717) is 12.3 Å². The molecule has 0 aliphatic rings. The lowest BCUT2D eigenvalue weighted by atomic mass is 10.1. The Morgan fingerprint density at radius 3 is 2.44 bits per heavy atom. The highest BCUT2D eigenvalue weighted by Crippen LogP contribution is 2.03. The summed E-state index contributed by atoms with van der Waals surface area (Å²) >= 11 is 3.97. The maximum absolute atomic E-state index is 10.7. The highest BCUT2D eigenvalue weighted by molar-refractivity contribution is 7.80. The van der Waals surface area contributed by atoms with Crippen molar-refractivity contribution in [1.29, 1.82) is 0 Å². The van der Waals surface area contributed by atoms with E-state index in [1.54, 1.807) is 0 Å². The Balaban J connectivity index is 0.00000225. The van der Waals surface area contributed by atoms with Crippen molar-refractivity contribution < 1.29 is 9.90 Å². The molecule has 0 saturated carbocycles. The summed E-state index contributed by atoms with van der Waals surface area (Å²) in [5, 5.41) is 11.7. The van der Waals surface area contributed by atoms with Gasteiger partial charge in [-0.15, -0.1) is 12.4 Å². The van der Waals surface area contributed by atoms with Crippen molar-refractivity contribution in [2.75, 3.05) is 5.75 Å². The lowest BCUT2D eigenvalue weighted by Crippen LogP contribution is -2.37. The van der Waals surface area contributed by atoms with E-state index >= 15 is 0 Å². The number of hydrogen-bond acceptors (Lipinski definition) is 3. The van der Waals surface area contributed by atoms with Crippen molar-refractivity contribution in [2.24, 2.45) is 0 Å². The van der Waals surface area contributed by atoms with Crippen molar-refractivity contribution in [1.82, 2.24) is 5.32 Å². The quantitative estimate of drug-likeness (QED) is 0.710. The van der Waals surface area contributed by atoms with Gasteiger partial charge in [-0.1, -0.05) is 29.8 Å². The molecular formula is C11H16ClNO2S. The fourth-order valence-corrected chi connectivity index (χ4v) is 1.46. The van der Waals surface area contributed by atoms with E-state index < -0.39 is 12.0 Å². The fourth-order valence-electron chi connectivity index (χ4n) is 1.18. The van der Waals surface area contributed by atoms with E-state index in [-0.39, 0.29) is 12.4 Å². The number of thiol groups is 1. The van der Waals surface area contributed by atoms with Crippen LogP contribution in [0.25, 0.3) is 0 Å². The van der Waals surface area contributed by atoms with E-state index in [2.05, 4.69) is 17.9 Å². The van der Waals surface area contributed by atoms with Gasteiger partial charge in [0.25, 0.3) is 0 Å². The zero-order valence-corrected chi connectivity index (χ0v) is 10.7. The molecule has 1 aromatic rings. The SMILES string of the molecule is Cc1ccc(CNC(CS)C(=O)O)cc1.Cl.